The summed E-state index contributed by atoms with van der Waals surface area (Å²) in [5, 5.41) is 36.4. The van der Waals surface area contributed by atoms with Crippen molar-refractivity contribution in [2.24, 2.45) is 52.1 Å². The van der Waals surface area contributed by atoms with Crippen molar-refractivity contribution in [1.82, 2.24) is 5.32 Å². The number of hydrogen-bond acceptors (Lipinski definition) is 5. The SMILES string of the molecule is CC(CCC(=O)NCCCCN)C1CCC2C3C(O)CC4CC(O)CCC4(C)C3CC(O)C12C. The van der Waals surface area contributed by atoms with E-state index in [4.69, 9.17) is 5.73 Å². The molecule has 1 amide bonds. The molecule has 196 valence electrons. The Labute approximate surface area is 206 Å². The number of amides is 1. The van der Waals surface area contributed by atoms with E-state index in [1.807, 2.05) is 0 Å². The van der Waals surface area contributed by atoms with Crippen LogP contribution in [-0.4, -0.2) is 52.6 Å². The summed E-state index contributed by atoms with van der Waals surface area (Å²) in [4.78, 5) is 12.3. The summed E-state index contributed by atoms with van der Waals surface area (Å²) >= 11 is 0. The first-order valence-corrected chi connectivity index (χ1v) is 14.1. The van der Waals surface area contributed by atoms with E-state index in [9.17, 15) is 20.1 Å². The zero-order chi connectivity index (χ0) is 24.7. The molecule has 0 saturated heterocycles. The van der Waals surface area contributed by atoms with Gasteiger partial charge in [0.1, 0.15) is 0 Å². The highest BCUT2D eigenvalue weighted by Crippen LogP contribution is 2.68. The van der Waals surface area contributed by atoms with E-state index in [-0.39, 0.29) is 41.0 Å². The summed E-state index contributed by atoms with van der Waals surface area (Å²) in [7, 11) is 0. The van der Waals surface area contributed by atoms with Crippen molar-refractivity contribution < 1.29 is 20.1 Å². The highest BCUT2D eigenvalue weighted by atomic mass is 16.3. The topological polar surface area (TPSA) is 116 Å². The molecule has 11 unspecified atom stereocenters. The van der Waals surface area contributed by atoms with Gasteiger partial charge in [-0.05, 0) is 117 Å². The van der Waals surface area contributed by atoms with Crippen LogP contribution in [0.3, 0.4) is 0 Å². The Bertz CT molecular complexity index is 719. The molecule has 4 aliphatic carbocycles. The van der Waals surface area contributed by atoms with Crippen LogP contribution in [0.1, 0.15) is 91.4 Å². The molecule has 0 aromatic rings. The van der Waals surface area contributed by atoms with Crippen LogP contribution >= 0.6 is 0 Å². The Hall–Kier alpha value is -0.690. The van der Waals surface area contributed by atoms with Gasteiger partial charge in [0.05, 0.1) is 18.3 Å². The lowest BCUT2D eigenvalue weighted by Crippen LogP contribution is -2.62. The van der Waals surface area contributed by atoms with Crippen molar-refractivity contribution in [3.63, 3.8) is 0 Å². The second-order valence-corrected chi connectivity index (χ2v) is 12.9. The minimum absolute atomic E-state index is 0.108. The highest BCUT2D eigenvalue weighted by Gasteiger charge is 2.65. The molecule has 0 spiro atoms. The van der Waals surface area contributed by atoms with Crippen molar-refractivity contribution >= 4 is 5.91 Å². The van der Waals surface area contributed by atoms with Crippen LogP contribution in [0.2, 0.25) is 0 Å². The Morgan fingerprint density at radius 3 is 2.56 bits per heavy atom. The van der Waals surface area contributed by atoms with E-state index in [2.05, 4.69) is 26.1 Å². The van der Waals surface area contributed by atoms with Crippen molar-refractivity contribution in [2.75, 3.05) is 13.1 Å². The van der Waals surface area contributed by atoms with E-state index < -0.39 is 0 Å². The quantitative estimate of drug-likeness (QED) is 0.344. The van der Waals surface area contributed by atoms with E-state index in [0.29, 0.717) is 49.1 Å². The fraction of sp³-hybridized carbons (Fsp3) is 0.964. The normalized spacial score (nSPS) is 46.8. The summed E-state index contributed by atoms with van der Waals surface area (Å²) in [6, 6.07) is 0. The molecule has 4 rings (SSSR count). The lowest BCUT2D eigenvalue weighted by atomic mass is 9.43. The zero-order valence-electron chi connectivity index (χ0n) is 21.7. The van der Waals surface area contributed by atoms with Crippen molar-refractivity contribution in [1.29, 1.82) is 0 Å². The second-order valence-electron chi connectivity index (χ2n) is 12.9. The molecule has 11 atom stereocenters. The van der Waals surface area contributed by atoms with Crippen molar-refractivity contribution in [2.45, 2.75) is 110 Å². The first-order valence-electron chi connectivity index (χ1n) is 14.1. The number of rotatable bonds is 8. The number of nitrogens with two attached hydrogens (primary N) is 1. The number of carbonyl (C=O) groups is 1. The summed E-state index contributed by atoms with van der Waals surface area (Å²) in [6.07, 6.45) is 8.64. The van der Waals surface area contributed by atoms with Crippen LogP contribution in [0.4, 0.5) is 0 Å². The first kappa shape index (κ1) is 26.4. The van der Waals surface area contributed by atoms with Crippen LogP contribution < -0.4 is 11.1 Å². The molecule has 6 heteroatoms. The molecule has 6 nitrogen and oxygen atoms in total. The number of fused-ring (bicyclic) bond motifs is 5. The standard InChI is InChI=1S/C28H50N2O4/c1-17(6-9-25(34)30-13-5-4-12-29)20-7-8-21-26-22(16-24(33)28(20,21)3)27(2)11-10-19(31)14-18(27)15-23(26)32/h17-24,26,31-33H,4-16,29H2,1-3H3,(H,30,34). The monoisotopic (exact) mass is 478 g/mol. The molecule has 0 aliphatic heterocycles. The molecule has 34 heavy (non-hydrogen) atoms. The summed E-state index contributed by atoms with van der Waals surface area (Å²) in [5.74, 6) is 2.12. The Morgan fingerprint density at radius 2 is 1.82 bits per heavy atom. The molecule has 0 heterocycles. The number of aliphatic hydroxyl groups excluding tert-OH is 3. The zero-order valence-corrected chi connectivity index (χ0v) is 21.7. The number of unbranched alkanes of at least 4 members (excludes halogenated alkanes) is 1. The molecule has 4 saturated carbocycles. The predicted molar refractivity (Wildman–Crippen MR) is 134 cm³/mol. The van der Waals surface area contributed by atoms with Crippen LogP contribution in [-0.2, 0) is 4.79 Å². The number of carbonyl (C=O) groups excluding carboxylic acids is 1. The van der Waals surface area contributed by atoms with Crippen LogP contribution in [0.5, 0.6) is 0 Å². The molecule has 0 radical (unpaired) electrons. The van der Waals surface area contributed by atoms with Gasteiger partial charge in [0.15, 0.2) is 0 Å². The maximum absolute atomic E-state index is 12.3. The summed E-state index contributed by atoms with van der Waals surface area (Å²) in [6.45, 7) is 8.28. The number of hydrogen-bond donors (Lipinski definition) is 5. The van der Waals surface area contributed by atoms with Gasteiger partial charge in [0.2, 0.25) is 5.91 Å². The van der Waals surface area contributed by atoms with E-state index >= 15 is 0 Å². The fourth-order valence-corrected chi connectivity index (χ4v) is 9.28. The molecule has 0 bridgehead atoms. The second kappa shape index (κ2) is 10.4. The maximum atomic E-state index is 12.3. The Kier molecular flexibility index (Phi) is 8.03. The van der Waals surface area contributed by atoms with Crippen LogP contribution in [0, 0.1) is 46.3 Å². The van der Waals surface area contributed by atoms with Crippen LogP contribution in [0.25, 0.3) is 0 Å². The summed E-state index contributed by atoms with van der Waals surface area (Å²) < 4.78 is 0. The van der Waals surface area contributed by atoms with Gasteiger partial charge in [0, 0.05) is 13.0 Å². The van der Waals surface area contributed by atoms with Gasteiger partial charge in [-0.3, -0.25) is 4.79 Å². The number of aliphatic hydroxyl groups is 3. The average molecular weight is 479 g/mol. The van der Waals surface area contributed by atoms with E-state index in [0.717, 1.165) is 64.2 Å². The van der Waals surface area contributed by atoms with Gasteiger partial charge in [-0.25, -0.2) is 0 Å². The smallest absolute Gasteiger partial charge is 0.220 e. The Balaban J connectivity index is 1.43. The van der Waals surface area contributed by atoms with E-state index in [1.54, 1.807) is 0 Å². The minimum atomic E-state index is -0.367. The first-order chi connectivity index (χ1) is 16.1. The minimum Gasteiger partial charge on any atom is -0.393 e. The molecule has 0 aromatic carbocycles. The van der Waals surface area contributed by atoms with Crippen molar-refractivity contribution in [3.8, 4) is 0 Å². The van der Waals surface area contributed by atoms with Gasteiger partial charge in [0.25, 0.3) is 0 Å². The fourth-order valence-electron chi connectivity index (χ4n) is 9.28. The third-order valence-corrected chi connectivity index (χ3v) is 11.3. The van der Waals surface area contributed by atoms with Gasteiger partial charge in [-0.1, -0.05) is 20.8 Å². The summed E-state index contributed by atoms with van der Waals surface area (Å²) in [5.41, 5.74) is 5.44. The third-order valence-electron chi connectivity index (χ3n) is 11.3. The van der Waals surface area contributed by atoms with Gasteiger partial charge in [-0.2, -0.15) is 0 Å². The number of nitrogens with one attached hydrogen (secondary N) is 1. The van der Waals surface area contributed by atoms with Gasteiger partial charge < -0.3 is 26.4 Å². The van der Waals surface area contributed by atoms with Gasteiger partial charge >= 0.3 is 0 Å². The third kappa shape index (κ3) is 4.57. The highest BCUT2D eigenvalue weighted by molar-refractivity contribution is 5.75. The molecule has 4 fully saturated rings. The van der Waals surface area contributed by atoms with E-state index in [1.165, 1.54) is 0 Å². The average Bonchev–Trinajstić information content (AvgIpc) is 3.15. The lowest BCUT2D eigenvalue weighted by Gasteiger charge is -2.63. The predicted octanol–water partition coefficient (Wildman–Crippen LogP) is 3.22. The van der Waals surface area contributed by atoms with Crippen molar-refractivity contribution in [3.05, 3.63) is 0 Å². The van der Waals surface area contributed by atoms with Gasteiger partial charge in [-0.15, -0.1) is 0 Å². The molecule has 4 aliphatic rings. The molecular weight excluding hydrogens is 428 g/mol. The van der Waals surface area contributed by atoms with Crippen LogP contribution in [0.15, 0.2) is 0 Å². The Morgan fingerprint density at radius 1 is 1.06 bits per heavy atom. The lowest BCUT2D eigenvalue weighted by molar-refractivity contribution is -0.207. The molecule has 0 aromatic heterocycles. The molecule has 6 N–H and O–H groups in total. The largest absolute Gasteiger partial charge is 0.393 e. The maximum Gasteiger partial charge on any atom is 0.220 e. The molecular formula is C28H50N2O4.